The number of nitrogens with zero attached hydrogens (tertiary/aromatic N) is 3. The maximum Gasteiger partial charge on any atom is 0.407 e. The van der Waals surface area contributed by atoms with Gasteiger partial charge in [-0.3, -0.25) is 4.90 Å². The van der Waals surface area contributed by atoms with Gasteiger partial charge in [-0.05, 0) is 62.4 Å². The van der Waals surface area contributed by atoms with Crippen molar-refractivity contribution in [3.05, 3.63) is 24.3 Å². The quantitative estimate of drug-likeness (QED) is 0.805. The number of amides is 1. The van der Waals surface area contributed by atoms with Crippen LogP contribution in [0.5, 0.6) is 0 Å². The fourth-order valence-electron chi connectivity index (χ4n) is 4.99. The second kappa shape index (κ2) is 7.55. The van der Waals surface area contributed by atoms with E-state index in [1.165, 1.54) is 17.6 Å². The van der Waals surface area contributed by atoms with E-state index in [1.807, 2.05) is 12.1 Å². The molecule has 0 aromatic heterocycles. The lowest BCUT2D eigenvalue weighted by Crippen LogP contribution is -2.47. The van der Waals surface area contributed by atoms with Crippen LogP contribution in [0, 0.1) is 5.92 Å². The Morgan fingerprint density at radius 2 is 1.79 bits per heavy atom. The molecule has 3 aliphatic rings. The molecule has 3 aliphatic heterocycles. The van der Waals surface area contributed by atoms with Crippen LogP contribution in [-0.2, 0) is 9.84 Å². The van der Waals surface area contributed by atoms with Gasteiger partial charge in [-0.1, -0.05) is 0 Å². The Kier molecular flexibility index (Phi) is 5.26. The first-order valence-corrected chi connectivity index (χ1v) is 12.0. The van der Waals surface area contributed by atoms with Gasteiger partial charge in [0, 0.05) is 50.2 Å². The number of fused-ring (bicyclic) bond motifs is 2. The van der Waals surface area contributed by atoms with E-state index in [2.05, 4.69) is 9.80 Å². The van der Waals surface area contributed by atoms with Gasteiger partial charge in [-0.25, -0.2) is 13.2 Å². The normalized spacial score (nSPS) is 26.2. The molecule has 3 fully saturated rings. The summed E-state index contributed by atoms with van der Waals surface area (Å²) >= 11 is 0. The van der Waals surface area contributed by atoms with Gasteiger partial charge in [0.25, 0.3) is 0 Å². The average molecular weight is 408 g/mol. The minimum absolute atomic E-state index is 0.371. The zero-order valence-electron chi connectivity index (χ0n) is 16.3. The third kappa shape index (κ3) is 3.98. The van der Waals surface area contributed by atoms with Gasteiger partial charge in [-0.15, -0.1) is 0 Å². The molecule has 2 atom stereocenters. The van der Waals surface area contributed by atoms with Crippen LogP contribution < -0.4 is 4.90 Å². The van der Waals surface area contributed by atoms with Gasteiger partial charge < -0.3 is 14.9 Å². The number of benzene rings is 1. The van der Waals surface area contributed by atoms with Crippen LogP contribution in [0.15, 0.2) is 29.2 Å². The molecule has 4 rings (SSSR count). The zero-order chi connectivity index (χ0) is 19.9. The smallest absolute Gasteiger partial charge is 0.407 e. The van der Waals surface area contributed by atoms with Crippen LogP contribution in [0.1, 0.15) is 25.7 Å². The summed E-state index contributed by atoms with van der Waals surface area (Å²) in [6.07, 6.45) is 4.73. The second-order valence-electron chi connectivity index (χ2n) is 8.46. The highest BCUT2D eigenvalue weighted by molar-refractivity contribution is 7.90. The van der Waals surface area contributed by atoms with Gasteiger partial charge in [0.15, 0.2) is 9.84 Å². The van der Waals surface area contributed by atoms with E-state index in [-0.39, 0.29) is 0 Å². The number of hydrogen-bond donors (Lipinski definition) is 1. The Hall–Kier alpha value is -1.80. The number of anilines is 1. The van der Waals surface area contributed by atoms with E-state index in [9.17, 15) is 13.2 Å². The third-order valence-corrected chi connectivity index (χ3v) is 7.79. The van der Waals surface area contributed by atoms with Gasteiger partial charge >= 0.3 is 6.09 Å². The summed E-state index contributed by atoms with van der Waals surface area (Å²) in [4.78, 5) is 17.9. The van der Waals surface area contributed by atoms with Crippen molar-refractivity contribution in [1.29, 1.82) is 0 Å². The highest BCUT2D eigenvalue weighted by atomic mass is 32.2. The summed E-state index contributed by atoms with van der Waals surface area (Å²) < 4.78 is 23.3. The monoisotopic (exact) mass is 407 g/mol. The van der Waals surface area contributed by atoms with Crippen molar-refractivity contribution in [1.82, 2.24) is 9.80 Å². The Labute approximate surface area is 166 Å². The molecule has 7 nitrogen and oxygen atoms in total. The lowest BCUT2D eigenvalue weighted by atomic mass is 9.93. The largest absolute Gasteiger partial charge is 0.465 e. The topological polar surface area (TPSA) is 81.2 Å². The van der Waals surface area contributed by atoms with E-state index < -0.39 is 15.9 Å². The molecule has 8 heteroatoms. The highest BCUT2D eigenvalue weighted by Crippen LogP contribution is 2.35. The van der Waals surface area contributed by atoms with E-state index in [0.29, 0.717) is 36.0 Å². The molecule has 0 spiro atoms. The van der Waals surface area contributed by atoms with E-state index >= 15 is 0 Å². The molecule has 3 heterocycles. The van der Waals surface area contributed by atoms with Gasteiger partial charge in [0.05, 0.1) is 4.90 Å². The molecule has 0 aliphatic carbocycles. The summed E-state index contributed by atoms with van der Waals surface area (Å²) in [6, 6.07) is 8.34. The molecule has 28 heavy (non-hydrogen) atoms. The van der Waals surface area contributed by atoms with Crippen molar-refractivity contribution in [2.45, 2.75) is 42.7 Å². The Bertz CT molecular complexity index is 818. The number of likely N-dealkylation sites (tertiary alicyclic amines) is 2. The summed E-state index contributed by atoms with van der Waals surface area (Å²) in [5.74, 6) is 0.634. The van der Waals surface area contributed by atoms with Gasteiger partial charge in [0.1, 0.15) is 0 Å². The maximum atomic E-state index is 11.6. The molecule has 154 valence electrons. The van der Waals surface area contributed by atoms with Crippen molar-refractivity contribution in [3.8, 4) is 0 Å². The lowest BCUT2D eigenvalue weighted by Gasteiger charge is -2.37. The van der Waals surface area contributed by atoms with Crippen molar-refractivity contribution in [3.63, 3.8) is 0 Å². The molecule has 1 N–H and O–H groups in total. The molecule has 1 amide bonds. The number of rotatable bonds is 5. The van der Waals surface area contributed by atoms with Crippen LogP contribution in [0.2, 0.25) is 0 Å². The molecule has 1 aromatic rings. The van der Waals surface area contributed by atoms with E-state index in [0.717, 1.165) is 44.6 Å². The predicted octanol–water partition coefficient (Wildman–Crippen LogP) is 2.13. The summed E-state index contributed by atoms with van der Waals surface area (Å²) in [7, 11) is -3.15. The number of sulfone groups is 1. The fraction of sp³-hybridized carbons (Fsp3) is 0.650. The Morgan fingerprint density at radius 3 is 2.32 bits per heavy atom. The molecule has 1 aromatic carbocycles. The first-order chi connectivity index (χ1) is 13.3. The van der Waals surface area contributed by atoms with Crippen LogP contribution in [-0.4, -0.2) is 80.5 Å². The van der Waals surface area contributed by atoms with Crippen LogP contribution in [0.4, 0.5) is 10.5 Å². The summed E-state index contributed by atoms with van der Waals surface area (Å²) in [6.45, 7) is 4.50. The Balaban J connectivity index is 1.27. The molecule has 0 radical (unpaired) electrons. The predicted molar refractivity (Wildman–Crippen MR) is 108 cm³/mol. The summed E-state index contributed by atoms with van der Waals surface area (Å²) in [5, 5.41) is 9.06. The van der Waals surface area contributed by atoms with E-state index in [4.69, 9.17) is 5.11 Å². The van der Waals surface area contributed by atoms with Crippen LogP contribution >= 0.6 is 0 Å². The van der Waals surface area contributed by atoms with Gasteiger partial charge in [-0.2, -0.15) is 0 Å². The van der Waals surface area contributed by atoms with Crippen molar-refractivity contribution in [2.75, 3.05) is 43.9 Å². The highest BCUT2D eigenvalue weighted by Gasteiger charge is 2.43. The van der Waals surface area contributed by atoms with Crippen LogP contribution in [0.3, 0.4) is 0 Å². The maximum absolute atomic E-state index is 11.6. The fourth-order valence-corrected chi connectivity index (χ4v) is 5.62. The molecule has 0 unspecified atom stereocenters. The lowest BCUT2D eigenvalue weighted by molar-refractivity contribution is 0.119. The van der Waals surface area contributed by atoms with Crippen LogP contribution in [0.25, 0.3) is 0 Å². The number of hydrogen-bond acceptors (Lipinski definition) is 5. The zero-order valence-corrected chi connectivity index (χ0v) is 17.1. The number of piperidine rings is 1. The Morgan fingerprint density at radius 1 is 1.11 bits per heavy atom. The van der Waals surface area contributed by atoms with Crippen molar-refractivity contribution in [2.24, 2.45) is 5.92 Å². The molecule has 2 bridgehead atoms. The minimum atomic E-state index is -3.15. The molecular formula is C20H29N3O4S. The number of carboxylic acid groups (broad SMARTS) is 1. The summed E-state index contributed by atoms with van der Waals surface area (Å²) in [5.41, 5.74) is 1.11. The van der Waals surface area contributed by atoms with Crippen molar-refractivity contribution >= 4 is 21.6 Å². The first kappa shape index (κ1) is 19.5. The SMILES string of the molecule is CS(=O)(=O)c1ccc(N2C[C@@H]3C[C@H]2CN3CCC2CCN(C(=O)O)CC2)cc1. The van der Waals surface area contributed by atoms with Crippen molar-refractivity contribution < 1.29 is 18.3 Å². The third-order valence-electron chi connectivity index (χ3n) is 6.66. The second-order valence-corrected chi connectivity index (χ2v) is 10.5. The minimum Gasteiger partial charge on any atom is -0.465 e. The molecule has 3 saturated heterocycles. The number of piperazine rings is 1. The van der Waals surface area contributed by atoms with E-state index in [1.54, 1.807) is 12.1 Å². The molecular weight excluding hydrogens is 378 g/mol. The first-order valence-electron chi connectivity index (χ1n) is 10.1. The average Bonchev–Trinajstić information content (AvgIpc) is 3.26. The molecule has 0 saturated carbocycles. The van der Waals surface area contributed by atoms with Gasteiger partial charge in [0.2, 0.25) is 0 Å². The standard InChI is InChI=1S/C20H29N3O4S/c1-28(26,27)19-4-2-16(3-5-19)23-14-17-12-18(23)13-22(17)11-8-15-6-9-21(10-7-15)20(24)25/h2-5,15,17-18H,6-14H2,1H3,(H,24,25)/t17-,18-/m0/s1. The number of carbonyl (C=O) groups is 1.